The molecule has 0 aromatic heterocycles. The molecular weight excluding hydrogens is 272 g/mol. The zero-order chi connectivity index (χ0) is 15.0. The van der Waals surface area contributed by atoms with E-state index in [1.165, 1.54) is 9.80 Å². The molecule has 6 heteroatoms. The lowest BCUT2D eigenvalue weighted by atomic mass is 10.0. The van der Waals surface area contributed by atoms with Gasteiger partial charge in [-0.2, -0.15) is 0 Å². The second-order valence-electron chi connectivity index (χ2n) is 5.49. The second kappa shape index (κ2) is 5.46. The first kappa shape index (κ1) is 14.0. The van der Waals surface area contributed by atoms with E-state index in [1.807, 2.05) is 24.3 Å². The van der Waals surface area contributed by atoms with Crippen molar-refractivity contribution in [3.8, 4) is 0 Å². The highest BCUT2D eigenvalue weighted by atomic mass is 16.3. The molecular formula is C15H18N2O4. The van der Waals surface area contributed by atoms with Crippen molar-refractivity contribution in [3.63, 3.8) is 0 Å². The fourth-order valence-electron chi connectivity index (χ4n) is 3.14. The molecule has 1 aromatic carbocycles. The van der Waals surface area contributed by atoms with Crippen LogP contribution in [-0.4, -0.2) is 58.8 Å². The van der Waals surface area contributed by atoms with Crippen molar-refractivity contribution in [1.29, 1.82) is 0 Å². The highest BCUT2D eigenvalue weighted by molar-refractivity contribution is 6.07. The van der Waals surface area contributed by atoms with Crippen molar-refractivity contribution >= 4 is 17.5 Å². The second-order valence-corrected chi connectivity index (χ2v) is 5.49. The summed E-state index contributed by atoms with van der Waals surface area (Å²) in [5, 5.41) is 19.2. The quantitative estimate of drug-likeness (QED) is 0.771. The van der Waals surface area contributed by atoms with Gasteiger partial charge in [0.15, 0.2) is 0 Å². The van der Waals surface area contributed by atoms with Crippen molar-refractivity contribution in [3.05, 3.63) is 29.8 Å². The van der Waals surface area contributed by atoms with Crippen LogP contribution in [0.4, 0.5) is 5.69 Å². The van der Waals surface area contributed by atoms with Crippen molar-refractivity contribution < 1.29 is 19.8 Å². The minimum atomic E-state index is -0.684. The van der Waals surface area contributed by atoms with Gasteiger partial charge in [-0.1, -0.05) is 18.2 Å². The highest BCUT2D eigenvalue weighted by Gasteiger charge is 2.43. The number of aliphatic hydroxyl groups excluding tert-OH is 2. The minimum absolute atomic E-state index is 0.0275. The largest absolute Gasteiger partial charge is 0.395 e. The summed E-state index contributed by atoms with van der Waals surface area (Å²) in [6.07, 6.45) is -0.00255. The number of carbonyl (C=O) groups excluding carboxylic acids is 2. The summed E-state index contributed by atoms with van der Waals surface area (Å²) in [5.74, 6) is -0.381. The molecule has 0 radical (unpaired) electrons. The van der Waals surface area contributed by atoms with E-state index in [0.717, 1.165) is 5.56 Å². The molecule has 2 atom stereocenters. The van der Waals surface area contributed by atoms with Crippen molar-refractivity contribution in [1.82, 2.24) is 4.90 Å². The Morgan fingerprint density at radius 3 is 2.76 bits per heavy atom. The monoisotopic (exact) mass is 290 g/mol. The van der Waals surface area contributed by atoms with Crippen LogP contribution in [0.15, 0.2) is 24.3 Å². The molecule has 2 aliphatic rings. The van der Waals surface area contributed by atoms with Crippen LogP contribution >= 0.6 is 0 Å². The third kappa shape index (κ3) is 2.41. The van der Waals surface area contributed by atoms with Crippen molar-refractivity contribution in [2.24, 2.45) is 0 Å². The standard InChI is InChI=1S/C15H18N2O4/c18-6-5-16-9-14(20)17-12-4-2-1-3-10(12)7-11(19)8-13(17)15(16)21/h1-4,11,13,18-19H,5-9H2. The van der Waals surface area contributed by atoms with Crippen LogP contribution in [0, 0.1) is 0 Å². The van der Waals surface area contributed by atoms with Crippen LogP contribution in [0.1, 0.15) is 12.0 Å². The lowest BCUT2D eigenvalue weighted by Crippen LogP contribution is -2.61. The van der Waals surface area contributed by atoms with Gasteiger partial charge in [0.1, 0.15) is 12.6 Å². The van der Waals surface area contributed by atoms with Crippen molar-refractivity contribution in [2.45, 2.75) is 25.0 Å². The third-order valence-electron chi connectivity index (χ3n) is 4.08. The zero-order valence-electron chi connectivity index (χ0n) is 11.6. The molecule has 0 saturated carbocycles. The maximum Gasteiger partial charge on any atom is 0.247 e. The number of hydrogen-bond acceptors (Lipinski definition) is 4. The number of benzene rings is 1. The number of carbonyl (C=O) groups is 2. The van der Waals surface area contributed by atoms with Crippen LogP contribution in [0.2, 0.25) is 0 Å². The Morgan fingerprint density at radius 2 is 2.00 bits per heavy atom. The zero-order valence-corrected chi connectivity index (χ0v) is 11.6. The molecule has 2 heterocycles. The molecule has 1 fully saturated rings. The van der Waals surface area contributed by atoms with Gasteiger partial charge in [-0.05, 0) is 11.6 Å². The lowest BCUT2D eigenvalue weighted by molar-refractivity contribution is -0.142. The number of piperazine rings is 1. The summed E-state index contributed by atoms with van der Waals surface area (Å²) >= 11 is 0. The maximum atomic E-state index is 12.5. The van der Waals surface area contributed by atoms with Crippen LogP contribution < -0.4 is 4.90 Å². The smallest absolute Gasteiger partial charge is 0.247 e. The fourth-order valence-corrected chi connectivity index (χ4v) is 3.14. The van der Waals surface area contributed by atoms with Gasteiger partial charge in [0, 0.05) is 25.1 Å². The summed E-state index contributed by atoms with van der Waals surface area (Å²) in [7, 11) is 0. The number of anilines is 1. The summed E-state index contributed by atoms with van der Waals surface area (Å²) in [4.78, 5) is 27.8. The van der Waals surface area contributed by atoms with Crippen LogP contribution in [0.25, 0.3) is 0 Å². The van der Waals surface area contributed by atoms with E-state index in [0.29, 0.717) is 12.1 Å². The number of aliphatic hydroxyl groups is 2. The predicted octanol–water partition coefficient (Wildman–Crippen LogP) is -0.470. The third-order valence-corrected chi connectivity index (χ3v) is 4.08. The Labute approximate surface area is 122 Å². The van der Waals surface area contributed by atoms with E-state index >= 15 is 0 Å². The van der Waals surface area contributed by atoms with Crippen LogP contribution in [-0.2, 0) is 16.0 Å². The van der Waals surface area contributed by atoms with Gasteiger partial charge in [0.05, 0.1) is 12.7 Å². The molecule has 1 saturated heterocycles. The molecule has 6 nitrogen and oxygen atoms in total. The maximum absolute atomic E-state index is 12.5. The van der Waals surface area contributed by atoms with E-state index in [4.69, 9.17) is 5.11 Å². The molecule has 21 heavy (non-hydrogen) atoms. The first-order valence-electron chi connectivity index (χ1n) is 7.09. The number of fused-ring (bicyclic) bond motifs is 3. The topological polar surface area (TPSA) is 81.1 Å². The Balaban J connectivity index is 2.02. The summed E-state index contributed by atoms with van der Waals surface area (Å²) < 4.78 is 0. The van der Waals surface area contributed by atoms with Crippen LogP contribution in [0.5, 0.6) is 0 Å². The van der Waals surface area contributed by atoms with E-state index in [2.05, 4.69) is 0 Å². The number of rotatable bonds is 2. The van der Waals surface area contributed by atoms with E-state index in [9.17, 15) is 14.7 Å². The summed E-state index contributed by atoms with van der Waals surface area (Å²) in [6, 6.07) is 6.69. The van der Waals surface area contributed by atoms with Gasteiger partial charge in [-0.25, -0.2) is 0 Å². The molecule has 3 rings (SSSR count). The van der Waals surface area contributed by atoms with Crippen LogP contribution in [0.3, 0.4) is 0 Å². The average molecular weight is 290 g/mol. The number of hydrogen-bond donors (Lipinski definition) is 2. The van der Waals surface area contributed by atoms with E-state index < -0.39 is 12.1 Å². The molecule has 0 spiro atoms. The van der Waals surface area contributed by atoms with Crippen molar-refractivity contribution in [2.75, 3.05) is 24.6 Å². The Bertz CT molecular complexity index is 575. The molecule has 2 amide bonds. The average Bonchev–Trinajstić information content (AvgIpc) is 2.60. The SMILES string of the molecule is O=C1C2CC(O)Cc3ccccc3N2C(=O)CN1CCO. The number of β-amino-alcohol motifs (C(OH)–C–C–N with tert-alkyl or cyclic N) is 1. The summed E-state index contributed by atoms with van der Waals surface area (Å²) in [6.45, 7) is -0.0577. The Hall–Kier alpha value is -1.92. The van der Waals surface area contributed by atoms with Gasteiger partial charge in [0.2, 0.25) is 11.8 Å². The van der Waals surface area contributed by atoms with E-state index in [-0.39, 0.29) is 37.9 Å². The first-order valence-corrected chi connectivity index (χ1v) is 7.09. The highest BCUT2D eigenvalue weighted by Crippen LogP contribution is 2.32. The minimum Gasteiger partial charge on any atom is -0.395 e. The van der Waals surface area contributed by atoms with Gasteiger partial charge in [0.25, 0.3) is 0 Å². The predicted molar refractivity (Wildman–Crippen MR) is 75.7 cm³/mol. The Kier molecular flexibility index (Phi) is 3.65. The number of nitrogens with zero attached hydrogens (tertiary/aromatic N) is 2. The number of para-hydroxylation sites is 1. The molecule has 2 aliphatic heterocycles. The number of amides is 2. The summed E-state index contributed by atoms with van der Waals surface area (Å²) in [5.41, 5.74) is 1.59. The molecule has 0 aliphatic carbocycles. The molecule has 0 bridgehead atoms. The normalized spacial score (nSPS) is 25.4. The molecule has 112 valence electrons. The fraction of sp³-hybridized carbons (Fsp3) is 0.467. The van der Waals surface area contributed by atoms with Gasteiger partial charge >= 0.3 is 0 Å². The molecule has 2 unspecified atom stereocenters. The van der Waals surface area contributed by atoms with Gasteiger partial charge in [-0.3, -0.25) is 14.5 Å². The Morgan fingerprint density at radius 1 is 1.24 bits per heavy atom. The van der Waals surface area contributed by atoms with E-state index in [1.54, 1.807) is 0 Å². The molecule has 1 aromatic rings. The first-order chi connectivity index (χ1) is 10.1. The van der Waals surface area contributed by atoms with Gasteiger partial charge in [-0.15, -0.1) is 0 Å². The molecule has 2 N–H and O–H groups in total. The lowest BCUT2D eigenvalue weighted by Gasteiger charge is -2.39. The van der Waals surface area contributed by atoms with Gasteiger partial charge < -0.3 is 15.1 Å².